The summed E-state index contributed by atoms with van der Waals surface area (Å²) in [6, 6.07) is 11.6. The molecule has 0 bridgehead atoms. The fourth-order valence-electron chi connectivity index (χ4n) is 3.10. The van der Waals surface area contributed by atoms with E-state index in [9.17, 15) is 14.0 Å². The maximum atomic E-state index is 14.2. The van der Waals surface area contributed by atoms with E-state index >= 15 is 0 Å². The largest absolute Gasteiger partial charge is 0.354 e. The van der Waals surface area contributed by atoms with Crippen LogP contribution in [0.5, 0.6) is 0 Å². The van der Waals surface area contributed by atoms with E-state index in [1.807, 2.05) is 45.9 Å². The number of nitrogens with one attached hydrogen (secondary N) is 1. The number of hydrogen-bond donors (Lipinski definition) is 1. The first-order valence-corrected chi connectivity index (χ1v) is 10.1. The van der Waals surface area contributed by atoms with Gasteiger partial charge in [0.1, 0.15) is 11.9 Å². The maximum Gasteiger partial charge on any atom is 0.242 e. The molecule has 1 atom stereocenters. The number of carbonyl (C=O) groups is 2. The van der Waals surface area contributed by atoms with Gasteiger partial charge in [0, 0.05) is 18.7 Å². The van der Waals surface area contributed by atoms with Gasteiger partial charge in [0.15, 0.2) is 0 Å². The zero-order chi connectivity index (χ0) is 21.6. The molecule has 2 amide bonds. The van der Waals surface area contributed by atoms with E-state index in [1.165, 1.54) is 11.0 Å². The van der Waals surface area contributed by atoms with Gasteiger partial charge in [-0.3, -0.25) is 9.59 Å². The summed E-state index contributed by atoms with van der Waals surface area (Å²) in [7, 11) is 0. The van der Waals surface area contributed by atoms with E-state index < -0.39 is 6.04 Å². The van der Waals surface area contributed by atoms with Crippen molar-refractivity contribution < 1.29 is 14.0 Å². The van der Waals surface area contributed by atoms with Crippen LogP contribution < -0.4 is 5.32 Å². The highest BCUT2D eigenvalue weighted by Crippen LogP contribution is 2.17. The van der Waals surface area contributed by atoms with Crippen molar-refractivity contribution in [3.8, 4) is 0 Å². The molecule has 0 aliphatic carbocycles. The summed E-state index contributed by atoms with van der Waals surface area (Å²) in [4.78, 5) is 27.3. The average Bonchev–Trinajstić information content (AvgIpc) is 2.67. The summed E-state index contributed by atoms with van der Waals surface area (Å²) in [6.07, 6.45) is 0.170. The summed E-state index contributed by atoms with van der Waals surface area (Å²) in [5.74, 6) is -0.512. The lowest BCUT2D eigenvalue weighted by Crippen LogP contribution is -2.48. The molecule has 0 heterocycles. The van der Waals surface area contributed by atoms with Crippen LogP contribution in [0, 0.1) is 25.6 Å². The molecular weight excluding hydrogens is 367 g/mol. The van der Waals surface area contributed by atoms with E-state index in [2.05, 4.69) is 5.32 Å². The Morgan fingerprint density at radius 2 is 1.72 bits per heavy atom. The Bertz CT molecular complexity index is 864. The Hall–Kier alpha value is -2.69. The Morgan fingerprint density at radius 3 is 2.38 bits per heavy atom. The molecule has 156 valence electrons. The number of benzene rings is 2. The van der Waals surface area contributed by atoms with Gasteiger partial charge in [0.05, 0.1) is 6.42 Å². The molecule has 0 radical (unpaired) electrons. The Kier molecular flexibility index (Phi) is 7.94. The van der Waals surface area contributed by atoms with Gasteiger partial charge < -0.3 is 10.2 Å². The van der Waals surface area contributed by atoms with Gasteiger partial charge in [0.2, 0.25) is 11.8 Å². The standard InChI is InChI=1S/C24H31FN2O2/c1-16(2)14-26-24(29)19(5)27(15-20-8-6-7-9-22(20)25)23(28)13-21-12-17(3)10-11-18(21)4/h6-12,16,19H,13-15H2,1-5H3,(H,26,29)/t19-/m1/s1. The zero-order valence-corrected chi connectivity index (χ0v) is 18.0. The van der Waals surface area contributed by atoms with Crippen LogP contribution in [0.15, 0.2) is 42.5 Å². The van der Waals surface area contributed by atoms with E-state index in [4.69, 9.17) is 0 Å². The van der Waals surface area contributed by atoms with Gasteiger partial charge in [-0.2, -0.15) is 0 Å². The van der Waals surface area contributed by atoms with Crippen LogP contribution in [-0.2, 0) is 22.6 Å². The average molecular weight is 399 g/mol. The van der Waals surface area contributed by atoms with Crippen molar-refractivity contribution in [3.05, 3.63) is 70.5 Å². The molecule has 5 heteroatoms. The minimum Gasteiger partial charge on any atom is -0.354 e. The van der Waals surface area contributed by atoms with Crippen molar-refractivity contribution >= 4 is 11.8 Å². The lowest BCUT2D eigenvalue weighted by molar-refractivity contribution is -0.140. The smallest absolute Gasteiger partial charge is 0.242 e. The first-order chi connectivity index (χ1) is 13.7. The Morgan fingerprint density at radius 1 is 1.03 bits per heavy atom. The Balaban J connectivity index is 2.27. The number of rotatable bonds is 8. The van der Waals surface area contributed by atoms with Crippen molar-refractivity contribution in [1.82, 2.24) is 10.2 Å². The molecule has 2 aromatic carbocycles. The highest BCUT2D eigenvalue weighted by atomic mass is 19.1. The third-order valence-electron chi connectivity index (χ3n) is 5.00. The van der Waals surface area contributed by atoms with E-state index in [0.29, 0.717) is 18.0 Å². The van der Waals surface area contributed by atoms with E-state index in [1.54, 1.807) is 25.1 Å². The van der Waals surface area contributed by atoms with Gasteiger partial charge in [-0.1, -0.05) is 55.8 Å². The number of aryl methyl sites for hydroxylation is 2. The van der Waals surface area contributed by atoms with Crippen molar-refractivity contribution in [2.75, 3.05) is 6.54 Å². The molecule has 0 aliphatic rings. The topological polar surface area (TPSA) is 49.4 Å². The van der Waals surface area contributed by atoms with Crippen LogP contribution in [0.2, 0.25) is 0 Å². The van der Waals surface area contributed by atoms with E-state index in [0.717, 1.165) is 16.7 Å². The molecule has 0 saturated carbocycles. The number of halogens is 1. The molecular formula is C24H31FN2O2. The lowest BCUT2D eigenvalue weighted by Gasteiger charge is -2.29. The van der Waals surface area contributed by atoms with Crippen LogP contribution in [0.25, 0.3) is 0 Å². The fraction of sp³-hybridized carbons (Fsp3) is 0.417. The summed E-state index contributed by atoms with van der Waals surface area (Å²) < 4.78 is 14.2. The molecule has 29 heavy (non-hydrogen) atoms. The third kappa shape index (κ3) is 6.41. The molecule has 0 spiro atoms. The number of carbonyl (C=O) groups excluding carboxylic acids is 2. The quantitative estimate of drug-likeness (QED) is 0.725. The molecule has 4 nitrogen and oxygen atoms in total. The molecule has 0 fully saturated rings. The van der Waals surface area contributed by atoms with E-state index in [-0.39, 0.29) is 30.6 Å². The third-order valence-corrected chi connectivity index (χ3v) is 5.00. The minimum absolute atomic E-state index is 0.0482. The van der Waals surface area contributed by atoms with Gasteiger partial charge in [0.25, 0.3) is 0 Å². The van der Waals surface area contributed by atoms with Crippen LogP contribution in [0.1, 0.15) is 43.0 Å². The lowest BCUT2D eigenvalue weighted by atomic mass is 10.0. The molecule has 0 aliphatic heterocycles. The van der Waals surface area contributed by atoms with Gasteiger partial charge >= 0.3 is 0 Å². The van der Waals surface area contributed by atoms with Crippen molar-refractivity contribution in [2.24, 2.45) is 5.92 Å². The predicted molar refractivity (Wildman–Crippen MR) is 114 cm³/mol. The highest BCUT2D eigenvalue weighted by Gasteiger charge is 2.27. The first kappa shape index (κ1) is 22.6. The van der Waals surface area contributed by atoms with Crippen molar-refractivity contribution in [3.63, 3.8) is 0 Å². The number of hydrogen-bond acceptors (Lipinski definition) is 2. The van der Waals surface area contributed by atoms with Gasteiger partial charge in [-0.25, -0.2) is 4.39 Å². The number of nitrogens with zero attached hydrogens (tertiary/aromatic N) is 1. The van der Waals surface area contributed by atoms with Crippen molar-refractivity contribution in [1.29, 1.82) is 0 Å². The summed E-state index contributed by atoms with van der Waals surface area (Å²) in [5, 5.41) is 2.88. The summed E-state index contributed by atoms with van der Waals surface area (Å²) >= 11 is 0. The Labute approximate surface area is 173 Å². The van der Waals surface area contributed by atoms with Crippen LogP contribution in [0.3, 0.4) is 0 Å². The van der Waals surface area contributed by atoms with Gasteiger partial charge in [-0.05, 0) is 43.9 Å². The molecule has 0 unspecified atom stereocenters. The molecule has 0 aromatic heterocycles. The van der Waals surface area contributed by atoms with Crippen LogP contribution in [0.4, 0.5) is 4.39 Å². The second-order valence-corrected chi connectivity index (χ2v) is 8.03. The predicted octanol–water partition coefficient (Wildman–Crippen LogP) is 4.17. The van der Waals surface area contributed by atoms with Crippen LogP contribution in [-0.4, -0.2) is 29.3 Å². The number of amides is 2. The molecule has 0 saturated heterocycles. The normalized spacial score (nSPS) is 12.0. The highest BCUT2D eigenvalue weighted by molar-refractivity contribution is 5.88. The second kappa shape index (κ2) is 10.2. The summed E-state index contributed by atoms with van der Waals surface area (Å²) in [6.45, 7) is 10.2. The molecule has 1 N–H and O–H groups in total. The minimum atomic E-state index is -0.703. The summed E-state index contributed by atoms with van der Waals surface area (Å²) in [5.41, 5.74) is 3.40. The molecule has 2 aromatic rings. The second-order valence-electron chi connectivity index (χ2n) is 8.03. The maximum absolute atomic E-state index is 14.2. The van der Waals surface area contributed by atoms with Gasteiger partial charge in [-0.15, -0.1) is 0 Å². The monoisotopic (exact) mass is 398 g/mol. The van der Waals surface area contributed by atoms with Crippen molar-refractivity contribution in [2.45, 2.75) is 53.6 Å². The zero-order valence-electron chi connectivity index (χ0n) is 18.0. The molecule has 2 rings (SSSR count). The first-order valence-electron chi connectivity index (χ1n) is 10.1. The fourth-order valence-corrected chi connectivity index (χ4v) is 3.10. The SMILES string of the molecule is Cc1ccc(C)c(CC(=O)N(Cc2ccccc2F)[C@H](C)C(=O)NCC(C)C)c1. The van der Waals surface area contributed by atoms with Crippen LogP contribution >= 0.6 is 0 Å².